The number of halogens is 1. The van der Waals surface area contributed by atoms with Gasteiger partial charge in [-0.15, -0.1) is 0 Å². The van der Waals surface area contributed by atoms with Gasteiger partial charge >= 0.3 is 0 Å². The third-order valence-electron chi connectivity index (χ3n) is 4.17. The fourth-order valence-corrected chi connectivity index (χ4v) is 4.50. The number of hydrogen-bond acceptors (Lipinski definition) is 8. The highest BCUT2D eigenvalue weighted by molar-refractivity contribution is 7.93. The lowest BCUT2D eigenvalue weighted by molar-refractivity contribution is 0.601. The molecule has 0 bridgehead atoms. The van der Waals surface area contributed by atoms with Crippen LogP contribution in [0.3, 0.4) is 0 Å². The Morgan fingerprint density at radius 2 is 1.87 bits per heavy atom. The molecule has 3 aromatic rings. The van der Waals surface area contributed by atoms with Crippen molar-refractivity contribution in [2.45, 2.75) is 18.4 Å². The normalized spacial score (nSPS) is 11.3. The van der Waals surface area contributed by atoms with Crippen LogP contribution in [0.2, 0.25) is 5.02 Å². The highest BCUT2D eigenvalue weighted by Gasteiger charge is 2.15. The van der Waals surface area contributed by atoms with Crippen molar-refractivity contribution in [1.29, 1.82) is 0 Å². The van der Waals surface area contributed by atoms with Gasteiger partial charge in [-0.2, -0.15) is 4.37 Å². The van der Waals surface area contributed by atoms with Gasteiger partial charge in [-0.25, -0.2) is 13.4 Å². The summed E-state index contributed by atoms with van der Waals surface area (Å²) < 4.78 is 31.0. The Kier molecular flexibility index (Phi) is 7.86. The second-order valence-corrected chi connectivity index (χ2v) is 9.21. The number of hydrogen-bond donors (Lipinski definition) is 4. The van der Waals surface area contributed by atoms with Crippen LogP contribution in [0.1, 0.15) is 12.5 Å². The number of nitrogens with one attached hydrogen (secondary N) is 4. The minimum atomic E-state index is -3.69. The number of rotatable bonds is 11. The zero-order valence-electron chi connectivity index (χ0n) is 16.4. The lowest BCUT2D eigenvalue weighted by atomic mass is 10.1. The summed E-state index contributed by atoms with van der Waals surface area (Å²) in [5.74, 6) is 0. The van der Waals surface area contributed by atoms with Crippen LogP contribution < -0.4 is 20.7 Å². The predicted octanol–water partition coefficient (Wildman–Crippen LogP) is 3.63. The molecule has 3 rings (SSSR count). The number of anilines is 3. The Bertz CT molecular complexity index is 1040. The van der Waals surface area contributed by atoms with Crippen LogP contribution in [0.25, 0.3) is 0 Å². The van der Waals surface area contributed by atoms with Crippen molar-refractivity contribution in [2.75, 3.05) is 35.0 Å². The molecule has 0 atom stereocenters. The molecule has 0 aliphatic heterocycles. The second-order valence-electron chi connectivity index (χ2n) is 6.31. The van der Waals surface area contributed by atoms with Gasteiger partial charge in [0.25, 0.3) is 10.0 Å². The van der Waals surface area contributed by atoms with Crippen molar-refractivity contribution in [3.63, 3.8) is 0 Å². The molecule has 0 aliphatic rings. The molecule has 0 fully saturated rings. The average molecular weight is 467 g/mol. The zero-order chi connectivity index (χ0) is 21.4. The van der Waals surface area contributed by atoms with E-state index >= 15 is 0 Å². The number of nitrogens with zero attached hydrogens (tertiary/aromatic N) is 2. The molecule has 0 spiro atoms. The van der Waals surface area contributed by atoms with Crippen LogP contribution in [-0.2, 0) is 16.6 Å². The van der Waals surface area contributed by atoms with Gasteiger partial charge in [0, 0.05) is 47.6 Å². The molecule has 30 heavy (non-hydrogen) atoms. The minimum absolute atomic E-state index is 0.153. The van der Waals surface area contributed by atoms with Crippen molar-refractivity contribution in [2.24, 2.45) is 0 Å². The van der Waals surface area contributed by atoms with Crippen LogP contribution in [-0.4, -0.2) is 37.4 Å². The van der Waals surface area contributed by atoms with Gasteiger partial charge < -0.3 is 16.0 Å². The molecule has 0 saturated carbocycles. The molecule has 0 unspecified atom stereocenters. The SMILES string of the molecule is CCNCCNc1cc(Cl)ccc1CNc1ccc(S(=O)(=O)Nc2ncns2)cc1. The molecule has 11 heteroatoms. The minimum Gasteiger partial charge on any atom is -0.383 e. The fraction of sp³-hybridized carbons (Fsp3) is 0.263. The lowest BCUT2D eigenvalue weighted by Crippen LogP contribution is -2.22. The predicted molar refractivity (Wildman–Crippen MR) is 123 cm³/mol. The van der Waals surface area contributed by atoms with E-state index in [0.29, 0.717) is 11.6 Å². The van der Waals surface area contributed by atoms with E-state index in [4.69, 9.17) is 11.6 Å². The molecule has 4 N–H and O–H groups in total. The lowest BCUT2D eigenvalue weighted by Gasteiger charge is -2.14. The van der Waals surface area contributed by atoms with Crippen LogP contribution >= 0.6 is 23.1 Å². The number of aromatic nitrogens is 2. The van der Waals surface area contributed by atoms with Gasteiger partial charge in [-0.05, 0) is 48.5 Å². The summed E-state index contributed by atoms with van der Waals surface area (Å²) in [6.45, 7) is 5.20. The highest BCUT2D eigenvalue weighted by atomic mass is 35.5. The van der Waals surface area contributed by atoms with Gasteiger partial charge in [0.1, 0.15) is 6.33 Å². The van der Waals surface area contributed by atoms with Gasteiger partial charge in [0.05, 0.1) is 4.90 Å². The van der Waals surface area contributed by atoms with Crippen molar-refractivity contribution in [3.05, 3.63) is 59.4 Å². The highest BCUT2D eigenvalue weighted by Crippen LogP contribution is 2.23. The van der Waals surface area contributed by atoms with E-state index in [1.165, 1.54) is 6.33 Å². The number of sulfonamides is 1. The second kappa shape index (κ2) is 10.6. The largest absolute Gasteiger partial charge is 0.383 e. The summed E-state index contributed by atoms with van der Waals surface area (Å²) >= 11 is 7.12. The molecule has 0 radical (unpaired) electrons. The summed E-state index contributed by atoms with van der Waals surface area (Å²) in [4.78, 5) is 3.99. The Morgan fingerprint density at radius 3 is 2.57 bits per heavy atom. The van der Waals surface area contributed by atoms with E-state index in [1.807, 2.05) is 18.2 Å². The fourth-order valence-electron chi connectivity index (χ4n) is 2.67. The first-order valence-corrected chi connectivity index (χ1v) is 12.0. The van der Waals surface area contributed by atoms with Gasteiger partial charge in [-0.3, -0.25) is 4.72 Å². The first kappa shape index (κ1) is 22.3. The monoisotopic (exact) mass is 466 g/mol. The van der Waals surface area contributed by atoms with Crippen LogP contribution in [0, 0.1) is 0 Å². The standard InChI is InChI=1S/C19H23ClN6O2S2/c1-2-21-9-10-22-18-11-15(20)4-3-14(18)12-23-16-5-7-17(8-6-16)30(27,28)26-19-24-13-25-29-19/h3-8,11,13,21-23H,2,9-10,12H2,1H3,(H,24,25,26). The van der Waals surface area contributed by atoms with E-state index in [-0.39, 0.29) is 10.0 Å². The molecule has 2 aromatic carbocycles. The van der Waals surface area contributed by atoms with Gasteiger partial charge in [-0.1, -0.05) is 24.6 Å². The maximum atomic E-state index is 12.4. The zero-order valence-corrected chi connectivity index (χ0v) is 18.7. The molecular formula is C19H23ClN6O2S2. The quantitative estimate of drug-likeness (QED) is 0.319. The Hall–Kier alpha value is -2.40. The molecule has 8 nitrogen and oxygen atoms in total. The molecule has 160 valence electrons. The Balaban J connectivity index is 1.62. The van der Waals surface area contributed by atoms with Gasteiger partial charge in [0.2, 0.25) is 5.13 Å². The third kappa shape index (κ3) is 6.30. The molecule has 0 aliphatic carbocycles. The van der Waals surface area contributed by atoms with Crippen molar-refractivity contribution >= 4 is 49.7 Å². The van der Waals surface area contributed by atoms with Crippen molar-refractivity contribution in [3.8, 4) is 0 Å². The Morgan fingerprint density at radius 1 is 1.07 bits per heavy atom. The van der Waals surface area contributed by atoms with Crippen molar-refractivity contribution in [1.82, 2.24) is 14.7 Å². The summed E-state index contributed by atoms with van der Waals surface area (Å²) in [6, 6.07) is 12.3. The van der Waals surface area contributed by atoms with E-state index in [9.17, 15) is 8.42 Å². The molecule has 1 aromatic heterocycles. The summed E-state index contributed by atoms with van der Waals surface area (Å²) in [5, 5.41) is 10.9. The summed E-state index contributed by atoms with van der Waals surface area (Å²) in [7, 11) is -3.69. The topological polar surface area (TPSA) is 108 Å². The van der Waals surface area contributed by atoms with Crippen LogP contribution in [0.4, 0.5) is 16.5 Å². The number of likely N-dealkylation sites (N-methyl/N-ethyl adjacent to an activating group) is 1. The summed E-state index contributed by atoms with van der Waals surface area (Å²) in [5.41, 5.74) is 2.83. The van der Waals surface area contributed by atoms with E-state index in [2.05, 4.69) is 37.0 Å². The smallest absolute Gasteiger partial charge is 0.263 e. The molecular weight excluding hydrogens is 444 g/mol. The maximum Gasteiger partial charge on any atom is 0.263 e. The van der Waals surface area contributed by atoms with Gasteiger partial charge in [0.15, 0.2) is 0 Å². The first-order valence-electron chi connectivity index (χ1n) is 9.34. The van der Waals surface area contributed by atoms with E-state index < -0.39 is 10.0 Å². The maximum absolute atomic E-state index is 12.4. The average Bonchev–Trinajstić information content (AvgIpc) is 3.23. The molecule has 1 heterocycles. The summed E-state index contributed by atoms with van der Waals surface area (Å²) in [6.07, 6.45) is 1.30. The third-order valence-corrected chi connectivity index (χ3v) is 6.47. The van der Waals surface area contributed by atoms with Crippen LogP contribution in [0.5, 0.6) is 0 Å². The molecule has 0 amide bonds. The number of benzene rings is 2. The van der Waals surface area contributed by atoms with E-state index in [0.717, 1.165) is 48.1 Å². The first-order chi connectivity index (χ1) is 14.5. The van der Waals surface area contributed by atoms with E-state index in [1.54, 1.807) is 24.3 Å². The van der Waals surface area contributed by atoms with Crippen molar-refractivity contribution < 1.29 is 8.42 Å². The van der Waals surface area contributed by atoms with Crippen LogP contribution in [0.15, 0.2) is 53.7 Å². The Labute approximate surface area is 185 Å². The molecule has 0 saturated heterocycles.